The predicted octanol–water partition coefficient (Wildman–Crippen LogP) is 2.70. The first-order chi connectivity index (χ1) is 10.1. The first kappa shape index (κ1) is 15.2. The molecular formula is C14H15F3N4. The molecule has 0 unspecified atom stereocenters. The van der Waals surface area contributed by atoms with Crippen LogP contribution in [0.15, 0.2) is 42.9 Å². The second kappa shape index (κ2) is 7.03. The van der Waals surface area contributed by atoms with E-state index in [9.17, 15) is 13.2 Å². The summed E-state index contributed by atoms with van der Waals surface area (Å²) in [7, 11) is 0. The van der Waals surface area contributed by atoms with Crippen molar-refractivity contribution >= 4 is 5.82 Å². The van der Waals surface area contributed by atoms with E-state index in [0.717, 1.165) is 11.6 Å². The third kappa shape index (κ3) is 4.71. The Morgan fingerprint density at radius 3 is 2.57 bits per heavy atom. The second-order valence-corrected chi connectivity index (χ2v) is 4.36. The Morgan fingerprint density at radius 2 is 1.86 bits per heavy atom. The van der Waals surface area contributed by atoms with Gasteiger partial charge in [-0.25, -0.2) is 4.98 Å². The summed E-state index contributed by atoms with van der Waals surface area (Å²) in [5.41, 5.74) is 0.267. The smallest absolute Gasteiger partial charge is 0.368 e. The molecule has 7 heteroatoms. The van der Waals surface area contributed by atoms with Gasteiger partial charge in [0.15, 0.2) is 0 Å². The first-order valence-electron chi connectivity index (χ1n) is 6.43. The lowest BCUT2D eigenvalue weighted by Crippen LogP contribution is -2.23. The van der Waals surface area contributed by atoms with Crippen LogP contribution in [0.1, 0.15) is 11.1 Å². The van der Waals surface area contributed by atoms with Crippen molar-refractivity contribution in [1.82, 2.24) is 15.3 Å². The Labute approximate surface area is 120 Å². The van der Waals surface area contributed by atoms with E-state index in [2.05, 4.69) is 20.6 Å². The van der Waals surface area contributed by atoms with Crippen molar-refractivity contribution in [3.8, 4) is 0 Å². The van der Waals surface area contributed by atoms with E-state index in [1.807, 2.05) is 12.1 Å². The van der Waals surface area contributed by atoms with E-state index >= 15 is 0 Å². The second-order valence-electron chi connectivity index (χ2n) is 4.36. The van der Waals surface area contributed by atoms with Crippen LogP contribution in [0.25, 0.3) is 0 Å². The maximum absolute atomic E-state index is 12.7. The Balaban J connectivity index is 1.79. The fourth-order valence-electron chi connectivity index (χ4n) is 1.78. The number of alkyl halides is 3. The Morgan fingerprint density at radius 1 is 1.05 bits per heavy atom. The van der Waals surface area contributed by atoms with Crippen LogP contribution in [-0.2, 0) is 12.7 Å². The highest BCUT2D eigenvalue weighted by Crippen LogP contribution is 2.33. The molecule has 21 heavy (non-hydrogen) atoms. The maximum atomic E-state index is 12.7. The molecule has 0 amide bonds. The van der Waals surface area contributed by atoms with Gasteiger partial charge in [0.05, 0.1) is 5.56 Å². The predicted molar refractivity (Wildman–Crippen MR) is 73.7 cm³/mol. The number of hydrogen-bond donors (Lipinski definition) is 2. The fourth-order valence-corrected chi connectivity index (χ4v) is 1.78. The van der Waals surface area contributed by atoms with Gasteiger partial charge in [-0.2, -0.15) is 13.2 Å². The molecular weight excluding hydrogens is 281 g/mol. The molecule has 0 bridgehead atoms. The van der Waals surface area contributed by atoms with Crippen molar-refractivity contribution in [1.29, 1.82) is 0 Å². The minimum absolute atomic E-state index is 0.145. The summed E-state index contributed by atoms with van der Waals surface area (Å²) in [5.74, 6) is -0.145. The monoisotopic (exact) mass is 296 g/mol. The maximum Gasteiger partial charge on any atom is 0.419 e. The largest absolute Gasteiger partial charge is 0.419 e. The highest BCUT2D eigenvalue weighted by Gasteiger charge is 2.33. The van der Waals surface area contributed by atoms with Gasteiger partial charge in [-0.3, -0.25) is 4.98 Å². The molecule has 0 aliphatic rings. The van der Waals surface area contributed by atoms with E-state index in [0.29, 0.717) is 19.6 Å². The SMILES string of the molecule is FC(F)(F)c1cccnc1NCCNCc1cccnc1. The molecule has 0 aliphatic heterocycles. The lowest BCUT2D eigenvalue weighted by molar-refractivity contribution is -0.137. The third-order valence-electron chi connectivity index (χ3n) is 2.76. The van der Waals surface area contributed by atoms with Crippen LogP contribution in [0, 0.1) is 0 Å². The number of pyridine rings is 2. The number of anilines is 1. The number of rotatable bonds is 6. The van der Waals surface area contributed by atoms with E-state index < -0.39 is 11.7 Å². The average molecular weight is 296 g/mol. The topological polar surface area (TPSA) is 49.8 Å². The summed E-state index contributed by atoms with van der Waals surface area (Å²) in [6.45, 7) is 1.48. The van der Waals surface area contributed by atoms with Crippen molar-refractivity contribution < 1.29 is 13.2 Å². The minimum Gasteiger partial charge on any atom is -0.368 e. The highest BCUT2D eigenvalue weighted by atomic mass is 19.4. The van der Waals surface area contributed by atoms with Gasteiger partial charge in [0.1, 0.15) is 5.82 Å². The molecule has 4 nitrogen and oxygen atoms in total. The molecule has 0 fully saturated rings. The van der Waals surface area contributed by atoms with Crippen LogP contribution in [0.2, 0.25) is 0 Å². The molecule has 112 valence electrons. The van der Waals surface area contributed by atoms with Gasteiger partial charge >= 0.3 is 6.18 Å². The van der Waals surface area contributed by atoms with Gasteiger partial charge in [0.2, 0.25) is 0 Å². The summed E-state index contributed by atoms with van der Waals surface area (Å²) in [4.78, 5) is 7.71. The quantitative estimate of drug-likeness (QED) is 0.805. The lowest BCUT2D eigenvalue weighted by atomic mass is 10.2. The Kier molecular flexibility index (Phi) is 5.10. The normalized spacial score (nSPS) is 11.4. The molecule has 0 spiro atoms. The van der Waals surface area contributed by atoms with Crippen molar-refractivity contribution in [2.24, 2.45) is 0 Å². The van der Waals surface area contributed by atoms with Crippen LogP contribution in [0.5, 0.6) is 0 Å². The standard InChI is InChI=1S/C14H15F3N4/c15-14(16,17)12-4-2-6-20-13(12)21-8-7-19-10-11-3-1-5-18-9-11/h1-6,9,19H,7-8,10H2,(H,20,21). The molecule has 2 aromatic rings. The molecule has 2 N–H and O–H groups in total. The van der Waals surface area contributed by atoms with Gasteiger partial charge < -0.3 is 10.6 Å². The van der Waals surface area contributed by atoms with Crippen LogP contribution in [0.4, 0.5) is 19.0 Å². The number of hydrogen-bond acceptors (Lipinski definition) is 4. The highest BCUT2D eigenvalue weighted by molar-refractivity contribution is 5.45. The molecule has 0 radical (unpaired) electrons. The van der Waals surface area contributed by atoms with E-state index in [4.69, 9.17) is 0 Å². The van der Waals surface area contributed by atoms with Crippen molar-refractivity contribution in [2.45, 2.75) is 12.7 Å². The van der Waals surface area contributed by atoms with Crippen LogP contribution < -0.4 is 10.6 Å². The molecule has 0 aliphatic carbocycles. The molecule has 0 saturated heterocycles. The van der Waals surface area contributed by atoms with Gasteiger partial charge in [-0.1, -0.05) is 6.07 Å². The number of aromatic nitrogens is 2. The Bertz CT molecular complexity index is 558. The number of nitrogens with zero attached hydrogens (tertiary/aromatic N) is 2. The zero-order chi connectivity index (χ0) is 15.1. The summed E-state index contributed by atoms with van der Waals surface area (Å²) in [5, 5.41) is 5.82. The number of halogens is 3. The fraction of sp³-hybridized carbons (Fsp3) is 0.286. The van der Waals surface area contributed by atoms with Gasteiger partial charge in [0.25, 0.3) is 0 Å². The molecule has 0 saturated carbocycles. The van der Waals surface area contributed by atoms with Crippen molar-refractivity contribution in [3.05, 3.63) is 54.0 Å². The zero-order valence-corrected chi connectivity index (χ0v) is 11.2. The third-order valence-corrected chi connectivity index (χ3v) is 2.76. The van der Waals surface area contributed by atoms with E-state index in [1.165, 1.54) is 12.3 Å². The molecule has 0 atom stereocenters. The summed E-state index contributed by atoms with van der Waals surface area (Å²) in [6.07, 6.45) is 0.353. The van der Waals surface area contributed by atoms with Crippen molar-refractivity contribution in [3.63, 3.8) is 0 Å². The zero-order valence-electron chi connectivity index (χ0n) is 11.2. The van der Waals surface area contributed by atoms with Gasteiger partial charge in [0, 0.05) is 38.2 Å². The van der Waals surface area contributed by atoms with Crippen LogP contribution in [-0.4, -0.2) is 23.1 Å². The van der Waals surface area contributed by atoms with Gasteiger partial charge in [-0.05, 0) is 23.8 Å². The Hall–Kier alpha value is -2.15. The number of nitrogens with one attached hydrogen (secondary N) is 2. The molecule has 2 aromatic heterocycles. The first-order valence-corrected chi connectivity index (χ1v) is 6.43. The average Bonchev–Trinajstić information content (AvgIpc) is 2.47. The van der Waals surface area contributed by atoms with Crippen LogP contribution in [0.3, 0.4) is 0 Å². The van der Waals surface area contributed by atoms with Crippen molar-refractivity contribution in [2.75, 3.05) is 18.4 Å². The van der Waals surface area contributed by atoms with Crippen LogP contribution >= 0.6 is 0 Å². The summed E-state index contributed by atoms with van der Waals surface area (Å²) in [6, 6.07) is 6.04. The van der Waals surface area contributed by atoms with Gasteiger partial charge in [-0.15, -0.1) is 0 Å². The molecule has 0 aromatic carbocycles. The lowest BCUT2D eigenvalue weighted by Gasteiger charge is -2.13. The van der Waals surface area contributed by atoms with E-state index in [-0.39, 0.29) is 5.82 Å². The molecule has 2 rings (SSSR count). The summed E-state index contributed by atoms with van der Waals surface area (Å²) >= 11 is 0. The molecule has 2 heterocycles. The minimum atomic E-state index is -4.40. The summed E-state index contributed by atoms with van der Waals surface area (Å²) < 4.78 is 38.2. The van der Waals surface area contributed by atoms with E-state index in [1.54, 1.807) is 12.4 Å².